The van der Waals surface area contributed by atoms with Crippen LogP contribution in [0, 0.1) is 17.7 Å². The maximum atomic E-state index is 14.8. The van der Waals surface area contributed by atoms with Crippen molar-refractivity contribution in [1.82, 2.24) is 10.6 Å². The van der Waals surface area contributed by atoms with Gasteiger partial charge < -0.3 is 16.0 Å². The second-order valence-corrected chi connectivity index (χ2v) is 8.97. The van der Waals surface area contributed by atoms with Crippen LogP contribution >= 0.6 is 0 Å². The second-order valence-electron chi connectivity index (χ2n) is 8.97. The van der Waals surface area contributed by atoms with Crippen LogP contribution < -0.4 is 21.3 Å². The Morgan fingerprint density at radius 2 is 1.72 bits per heavy atom. The molecule has 4 rings (SSSR count). The molecule has 6 nitrogen and oxygen atoms in total. The number of halogens is 1. The van der Waals surface area contributed by atoms with Crippen molar-refractivity contribution < 1.29 is 14.0 Å². The predicted molar refractivity (Wildman–Crippen MR) is 110 cm³/mol. The minimum Gasteiger partial charge on any atom is -0.369 e. The lowest BCUT2D eigenvalue weighted by atomic mass is 9.81. The quantitative estimate of drug-likeness (QED) is 0.633. The van der Waals surface area contributed by atoms with E-state index >= 15 is 0 Å². The van der Waals surface area contributed by atoms with Gasteiger partial charge >= 0.3 is 0 Å². The van der Waals surface area contributed by atoms with Crippen molar-refractivity contribution >= 4 is 17.5 Å². The summed E-state index contributed by atoms with van der Waals surface area (Å²) < 4.78 is 14.8. The van der Waals surface area contributed by atoms with Crippen LogP contribution in [0.25, 0.3) is 0 Å². The molecule has 0 bridgehead atoms. The Bertz CT molecular complexity index is 741. The normalized spacial score (nSPS) is 26.3. The molecule has 7 heteroatoms. The maximum Gasteiger partial charge on any atom is 0.227 e. The van der Waals surface area contributed by atoms with Crippen LogP contribution in [0.3, 0.4) is 0 Å². The van der Waals surface area contributed by atoms with Gasteiger partial charge in [-0.2, -0.15) is 0 Å². The summed E-state index contributed by atoms with van der Waals surface area (Å²) in [4.78, 5) is 25.3. The molecule has 1 aliphatic carbocycles. The molecule has 0 spiro atoms. The van der Waals surface area contributed by atoms with Crippen LogP contribution in [0.15, 0.2) is 18.2 Å². The van der Waals surface area contributed by atoms with Gasteiger partial charge in [0.25, 0.3) is 0 Å². The Hall–Kier alpha value is -1.99. The standard InChI is InChI=1S/C22H31FN4O2/c23-19-9-16(17-10-21(28)26-22(29)11-17)1-2-20(19)27-5-3-14(4-6-27)12-25-13-15-7-18(24)8-15/h1-2,9,14-15,17-18,25H,3-8,10-13,24H2,(H,26,28,29). The number of hydrogen-bond acceptors (Lipinski definition) is 5. The van der Waals surface area contributed by atoms with Gasteiger partial charge in [0, 0.05) is 37.9 Å². The fourth-order valence-electron chi connectivity index (χ4n) is 4.87. The number of nitrogens with one attached hydrogen (secondary N) is 2. The number of piperidine rings is 2. The first-order valence-corrected chi connectivity index (χ1v) is 10.8. The van der Waals surface area contributed by atoms with E-state index in [4.69, 9.17) is 5.73 Å². The van der Waals surface area contributed by atoms with E-state index < -0.39 is 0 Å². The number of rotatable bonds is 6. The third-order valence-electron chi connectivity index (χ3n) is 6.68. The number of benzene rings is 1. The molecule has 3 aliphatic rings. The van der Waals surface area contributed by atoms with Crippen LogP contribution in [0.5, 0.6) is 0 Å². The van der Waals surface area contributed by atoms with Crippen molar-refractivity contribution in [3.63, 3.8) is 0 Å². The molecule has 0 atom stereocenters. The second kappa shape index (κ2) is 8.79. The Balaban J connectivity index is 1.27. The van der Waals surface area contributed by atoms with Crippen molar-refractivity contribution in [2.75, 3.05) is 31.1 Å². The molecule has 2 aliphatic heterocycles. The summed E-state index contributed by atoms with van der Waals surface area (Å²) in [6.07, 6.45) is 4.84. The number of nitrogens with two attached hydrogens (primary N) is 1. The van der Waals surface area contributed by atoms with Crippen LogP contribution in [0.2, 0.25) is 0 Å². The number of nitrogens with zero attached hydrogens (tertiary/aromatic N) is 1. The van der Waals surface area contributed by atoms with Crippen LogP contribution in [-0.2, 0) is 9.59 Å². The molecule has 1 aromatic rings. The monoisotopic (exact) mass is 402 g/mol. The molecule has 2 amide bonds. The molecule has 29 heavy (non-hydrogen) atoms. The first-order chi connectivity index (χ1) is 14.0. The first-order valence-electron chi connectivity index (χ1n) is 10.8. The Morgan fingerprint density at radius 1 is 1.07 bits per heavy atom. The fraction of sp³-hybridized carbons (Fsp3) is 0.636. The predicted octanol–water partition coefficient (Wildman–Crippen LogP) is 1.89. The molecule has 4 N–H and O–H groups in total. The Labute approximate surface area is 171 Å². The van der Waals surface area contributed by atoms with E-state index in [0.717, 1.165) is 63.3 Å². The van der Waals surface area contributed by atoms with Crippen molar-refractivity contribution in [2.45, 2.75) is 50.5 Å². The number of hydrogen-bond donors (Lipinski definition) is 3. The van der Waals surface area contributed by atoms with Gasteiger partial charge in [0.15, 0.2) is 0 Å². The zero-order valence-electron chi connectivity index (χ0n) is 16.8. The van der Waals surface area contributed by atoms with Crippen LogP contribution in [0.1, 0.15) is 50.0 Å². The van der Waals surface area contributed by atoms with E-state index in [1.165, 1.54) is 6.07 Å². The average molecular weight is 403 g/mol. The van der Waals surface area contributed by atoms with Gasteiger partial charge in [0.2, 0.25) is 11.8 Å². The van der Waals surface area contributed by atoms with Crippen LogP contribution in [-0.4, -0.2) is 44.0 Å². The number of amides is 2. The molecule has 0 aromatic heterocycles. The highest BCUT2D eigenvalue weighted by Crippen LogP contribution is 2.32. The van der Waals surface area contributed by atoms with E-state index in [1.807, 2.05) is 6.07 Å². The highest BCUT2D eigenvalue weighted by molar-refractivity contribution is 5.98. The third kappa shape index (κ3) is 4.95. The number of carbonyl (C=O) groups is 2. The lowest BCUT2D eigenvalue weighted by Gasteiger charge is -2.36. The summed E-state index contributed by atoms with van der Waals surface area (Å²) >= 11 is 0. The molecule has 3 fully saturated rings. The van der Waals surface area contributed by atoms with Crippen molar-refractivity contribution in [1.29, 1.82) is 0 Å². The Morgan fingerprint density at radius 3 is 2.34 bits per heavy atom. The molecule has 2 heterocycles. The summed E-state index contributed by atoms with van der Waals surface area (Å²) in [5, 5.41) is 5.89. The molecular formula is C22H31FN4O2. The van der Waals surface area contributed by atoms with E-state index in [9.17, 15) is 14.0 Å². The summed E-state index contributed by atoms with van der Waals surface area (Å²) in [6, 6.07) is 5.58. The lowest BCUT2D eigenvalue weighted by molar-refractivity contribution is -0.133. The zero-order valence-corrected chi connectivity index (χ0v) is 16.8. The molecular weight excluding hydrogens is 371 g/mol. The topological polar surface area (TPSA) is 87.5 Å². The van der Waals surface area contributed by atoms with E-state index in [-0.39, 0.29) is 36.4 Å². The minimum absolute atomic E-state index is 0.232. The van der Waals surface area contributed by atoms with Crippen LogP contribution in [0.4, 0.5) is 10.1 Å². The van der Waals surface area contributed by atoms with E-state index in [0.29, 0.717) is 17.6 Å². The smallest absolute Gasteiger partial charge is 0.227 e. The van der Waals surface area contributed by atoms with E-state index in [1.54, 1.807) is 6.07 Å². The highest BCUT2D eigenvalue weighted by atomic mass is 19.1. The van der Waals surface area contributed by atoms with Gasteiger partial charge in [0.1, 0.15) is 5.82 Å². The maximum absolute atomic E-state index is 14.8. The number of anilines is 1. The molecule has 1 saturated carbocycles. The summed E-state index contributed by atoms with van der Waals surface area (Å²) in [5.41, 5.74) is 7.18. The highest BCUT2D eigenvalue weighted by Gasteiger charge is 2.28. The van der Waals surface area contributed by atoms with Gasteiger partial charge in [-0.05, 0) is 68.3 Å². The lowest BCUT2D eigenvalue weighted by Crippen LogP contribution is -2.43. The molecule has 0 radical (unpaired) electrons. The molecule has 0 unspecified atom stereocenters. The van der Waals surface area contributed by atoms with Crippen molar-refractivity contribution in [2.24, 2.45) is 17.6 Å². The van der Waals surface area contributed by atoms with Gasteiger partial charge in [-0.25, -0.2) is 4.39 Å². The molecule has 2 saturated heterocycles. The average Bonchev–Trinajstić information content (AvgIpc) is 2.66. The number of carbonyl (C=O) groups excluding carboxylic acids is 2. The number of imide groups is 1. The minimum atomic E-state index is -0.286. The van der Waals surface area contributed by atoms with Crippen molar-refractivity contribution in [3.05, 3.63) is 29.6 Å². The van der Waals surface area contributed by atoms with Gasteiger partial charge in [-0.1, -0.05) is 6.07 Å². The van der Waals surface area contributed by atoms with Gasteiger partial charge in [-0.3, -0.25) is 14.9 Å². The molecule has 158 valence electrons. The Kier molecular flexibility index (Phi) is 6.15. The first kappa shape index (κ1) is 20.3. The van der Waals surface area contributed by atoms with Gasteiger partial charge in [0.05, 0.1) is 5.69 Å². The zero-order chi connectivity index (χ0) is 20.4. The molecule has 1 aromatic carbocycles. The largest absolute Gasteiger partial charge is 0.369 e. The third-order valence-corrected chi connectivity index (χ3v) is 6.68. The SMILES string of the molecule is NC1CC(CNCC2CCN(c3ccc(C4CC(=O)NC(=O)C4)cc3F)CC2)C1. The fourth-order valence-corrected chi connectivity index (χ4v) is 4.87. The van der Waals surface area contributed by atoms with Gasteiger partial charge in [-0.15, -0.1) is 0 Å². The van der Waals surface area contributed by atoms with Crippen molar-refractivity contribution in [3.8, 4) is 0 Å². The van der Waals surface area contributed by atoms with E-state index in [2.05, 4.69) is 15.5 Å². The summed E-state index contributed by atoms with van der Waals surface area (Å²) in [6.45, 7) is 3.78. The summed E-state index contributed by atoms with van der Waals surface area (Å²) in [5.74, 6) is 0.302. The summed E-state index contributed by atoms with van der Waals surface area (Å²) in [7, 11) is 0.